The van der Waals surface area contributed by atoms with Crippen molar-refractivity contribution >= 4 is 17.5 Å². The molecule has 36 heavy (non-hydrogen) atoms. The minimum atomic E-state index is -0.591. The number of likely N-dealkylation sites (tertiary alicyclic amines) is 1. The first-order chi connectivity index (χ1) is 17.3. The molecule has 3 aromatic rings. The van der Waals surface area contributed by atoms with Gasteiger partial charge in [-0.15, -0.1) is 0 Å². The van der Waals surface area contributed by atoms with Gasteiger partial charge in [-0.25, -0.2) is 4.98 Å². The van der Waals surface area contributed by atoms with E-state index in [9.17, 15) is 9.90 Å². The van der Waals surface area contributed by atoms with Crippen molar-refractivity contribution in [1.29, 1.82) is 0 Å². The molecule has 1 aliphatic carbocycles. The summed E-state index contributed by atoms with van der Waals surface area (Å²) in [6.45, 7) is 4.84. The van der Waals surface area contributed by atoms with E-state index in [4.69, 9.17) is 20.8 Å². The molecule has 1 amide bonds. The summed E-state index contributed by atoms with van der Waals surface area (Å²) in [5, 5.41) is 10.8. The number of nitrogens with zero attached hydrogens (tertiary/aromatic N) is 2. The zero-order valence-corrected chi connectivity index (χ0v) is 21.6. The summed E-state index contributed by atoms with van der Waals surface area (Å²) >= 11 is 6.60. The van der Waals surface area contributed by atoms with E-state index >= 15 is 0 Å². The lowest BCUT2D eigenvalue weighted by molar-refractivity contribution is -0.134. The molecule has 1 saturated heterocycles. The molecule has 2 aliphatic rings. The Balaban J connectivity index is 1.18. The summed E-state index contributed by atoms with van der Waals surface area (Å²) in [5.74, 6) is 2.12. The van der Waals surface area contributed by atoms with E-state index in [1.165, 1.54) is 0 Å². The number of aryl methyl sites for hydroxylation is 1. The normalized spacial score (nSPS) is 24.3. The summed E-state index contributed by atoms with van der Waals surface area (Å²) in [6.07, 6.45) is 4.71. The summed E-state index contributed by atoms with van der Waals surface area (Å²) in [5.41, 5.74) is 2.04. The van der Waals surface area contributed by atoms with Gasteiger partial charge in [-0.3, -0.25) is 4.79 Å². The molecule has 7 heteroatoms. The number of amides is 1. The first kappa shape index (κ1) is 24.8. The average molecular weight is 509 g/mol. The van der Waals surface area contributed by atoms with Crippen molar-refractivity contribution in [3.8, 4) is 17.2 Å². The van der Waals surface area contributed by atoms with Gasteiger partial charge in [-0.1, -0.05) is 35.9 Å². The van der Waals surface area contributed by atoms with Crippen LogP contribution in [0, 0.1) is 12.8 Å². The zero-order chi connectivity index (χ0) is 25.3. The molecular weight excluding hydrogens is 476 g/mol. The zero-order valence-electron chi connectivity index (χ0n) is 20.9. The van der Waals surface area contributed by atoms with Gasteiger partial charge < -0.3 is 19.2 Å². The van der Waals surface area contributed by atoms with E-state index in [1.54, 1.807) is 0 Å². The van der Waals surface area contributed by atoms with E-state index in [2.05, 4.69) is 4.98 Å². The van der Waals surface area contributed by atoms with E-state index < -0.39 is 5.60 Å². The number of oxazole rings is 1. The van der Waals surface area contributed by atoms with Gasteiger partial charge in [0.15, 0.2) is 0 Å². The molecule has 1 aromatic heterocycles. The topological polar surface area (TPSA) is 75.8 Å². The van der Waals surface area contributed by atoms with E-state index in [0.29, 0.717) is 23.1 Å². The van der Waals surface area contributed by atoms with Crippen LogP contribution in [0.4, 0.5) is 0 Å². The standard InChI is InChI=1S/C29H33ClN2O4/c1-19-26(31-27(36-19)20-6-4-3-5-7-20)18-35-24-9-8-21(25(30)17-24)16-22-12-15-32(28(22)33)23-10-13-29(2,34)14-11-23/h3-9,17,22-23,34H,10-16,18H2,1-2H3. The van der Waals surface area contributed by atoms with Crippen LogP contribution >= 0.6 is 11.6 Å². The third-order valence-corrected chi connectivity index (χ3v) is 7.96. The minimum Gasteiger partial charge on any atom is -0.487 e. The first-order valence-electron chi connectivity index (χ1n) is 12.7. The van der Waals surface area contributed by atoms with Crippen LogP contribution in [0.3, 0.4) is 0 Å². The van der Waals surface area contributed by atoms with E-state index in [1.807, 2.05) is 67.3 Å². The molecule has 2 aromatic carbocycles. The maximum absolute atomic E-state index is 13.1. The molecule has 0 radical (unpaired) electrons. The van der Waals surface area contributed by atoms with Crippen LogP contribution in [0.15, 0.2) is 52.9 Å². The molecular formula is C29H33ClN2O4. The highest BCUT2D eigenvalue weighted by Gasteiger charge is 2.39. The van der Waals surface area contributed by atoms with Gasteiger partial charge >= 0.3 is 0 Å². The van der Waals surface area contributed by atoms with E-state index in [-0.39, 0.29) is 24.5 Å². The summed E-state index contributed by atoms with van der Waals surface area (Å²) < 4.78 is 11.8. The van der Waals surface area contributed by atoms with Gasteiger partial charge in [0.2, 0.25) is 11.8 Å². The van der Waals surface area contributed by atoms with Crippen LogP contribution in [0.25, 0.3) is 11.5 Å². The van der Waals surface area contributed by atoms with Crippen LogP contribution in [-0.2, 0) is 17.8 Å². The number of halogens is 1. The summed E-state index contributed by atoms with van der Waals surface area (Å²) in [4.78, 5) is 19.7. The van der Waals surface area contributed by atoms with Crippen molar-refractivity contribution < 1.29 is 19.1 Å². The molecule has 0 spiro atoms. The Morgan fingerprint density at radius 2 is 1.92 bits per heavy atom. The SMILES string of the molecule is Cc1oc(-c2ccccc2)nc1COc1ccc(CC2CCN(C3CCC(C)(O)CC3)C2=O)c(Cl)c1. The number of carbonyl (C=O) groups is 1. The van der Waals surface area contributed by atoms with Crippen molar-refractivity contribution in [1.82, 2.24) is 9.88 Å². The average Bonchev–Trinajstić information content (AvgIpc) is 3.42. The van der Waals surface area contributed by atoms with Gasteiger partial charge in [-0.05, 0) is 82.2 Å². The lowest BCUT2D eigenvalue weighted by Gasteiger charge is -2.37. The highest BCUT2D eigenvalue weighted by atomic mass is 35.5. The van der Waals surface area contributed by atoms with Crippen LogP contribution in [0.5, 0.6) is 5.75 Å². The fourth-order valence-electron chi connectivity index (χ4n) is 5.32. The van der Waals surface area contributed by atoms with Gasteiger partial charge in [0.05, 0.1) is 5.60 Å². The molecule has 1 aliphatic heterocycles. The van der Waals surface area contributed by atoms with Crippen molar-refractivity contribution in [2.45, 2.75) is 70.6 Å². The number of aromatic nitrogens is 1. The molecule has 6 nitrogen and oxygen atoms in total. The monoisotopic (exact) mass is 508 g/mol. The van der Waals surface area contributed by atoms with Crippen LogP contribution in [-0.4, -0.2) is 39.1 Å². The lowest BCUT2D eigenvalue weighted by Crippen LogP contribution is -2.43. The summed E-state index contributed by atoms with van der Waals surface area (Å²) in [6, 6.07) is 15.7. The number of rotatable bonds is 7. The smallest absolute Gasteiger partial charge is 0.226 e. The highest BCUT2D eigenvalue weighted by molar-refractivity contribution is 6.31. The molecule has 2 fully saturated rings. The van der Waals surface area contributed by atoms with Crippen LogP contribution in [0.1, 0.15) is 56.0 Å². The number of ether oxygens (including phenoxy) is 1. The number of aliphatic hydroxyl groups is 1. The van der Waals surface area contributed by atoms with Gasteiger partial charge in [-0.2, -0.15) is 0 Å². The molecule has 1 N–H and O–H groups in total. The molecule has 1 saturated carbocycles. The number of benzene rings is 2. The Morgan fingerprint density at radius 1 is 1.17 bits per heavy atom. The van der Waals surface area contributed by atoms with Crippen molar-refractivity contribution in [2.24, 2.45) is 5.92 Å². The number of hydrogen-bond acceptors (Lipinski definition) is 5. The van der Waals surface area contributed by atoms with Crippen LogP contribution in [0.2, 0.25) is 5.02 Å². The fraction of sp³-hybridized carbons (Fsp3) is 0.448. The first-order valence-corrected chi connectivity index (χ1v) is 13.1. The highest BCUT2D eigenvalue weighted by Crippen LogP contribution is 2.35. The largest absolute Gasteiger partial charge is 0.487 e. The van der Waals surface area contributed by atoms with Crippen LogP contribution < -0.4 is 4.74 Å². The molecule has 190 valence electrons. The predicted molar refractivity (Wildman–Crippen MR) is 139 cm³/mol. The predicted octanol–water partition coefficient (Wildman–Crippen LogP) is 5.97. The van der Waals surface area contributed by atoms with Crippen molar-refractivity contribution in [3.63, 3.8) is 0 Å². The molecule has 2 heterocycles. The second-order valence-corrected chi connectivity index (χ2v) is 10.8. The molecule has 1 atom stereocenters. The van der Waals surface area contributed by atoms with Crippen molar-refractivity contribution in [2.75, 3.05) is 6.54 Å². The number of carbonyl (C=O) groups excluding carboxylic acids is 1. The molecule has 0 bridgehead atoms. The number of hydrogen-bond donors (Lipinski definition) is 1. The Bertz CT molecular complexity index is 1210. The quantitative estimate of drug-likeness (QED) is 0.425. The third kappa shape index (κ3) is 5.45. The Morgan fingerprint density at radius 3 is 2.64 bits per heavy atom. The van der Waals surface area contributed by atoms with Crippen molar-refractivity contribution in [3.05, 3.63) is 70.6 Å². The Kier molecular flexibility index (Phi) is 7.09. The molecule has 5 rings (SSSR count). The van der Waals surface area contributed by atoms with Gasteiger partial charge in [0.25, 0.3) is 0 Å². The van der Waals surface area contributed by atoms with E-state index in [0.717, 1.165) is 61.2 Å². The van der Waals surface area contributed by atoms with Gasteiger partial charge in [0, 0.05) is 29.1 Å². The maximum atomic E-state index is 13.1. The minimum absolute atomic E-state index is 0.0501. The van der Waals surface area contributed by atoms with Gasteiger partial charge in [0.1, 0.15) is 23.8 Å². The maximum Gasteiger partial charge on any atom is 0.226 e. The Labute approximate surface area is 217 Å². The third-order valence-electron chi connectivity index (χ3n) is 7.60. The fourth-order valence-corrected chi connectivity index (χ4v) is 5.57. The second kappa shape index (κ2) is 10.3. The second-order valence-electron chi connectivity index (χ2n) is 10.4. The molecule has 1 unspecified atom stereocenters. The lowest BCUT2D eigenvalue weighted by atomic mass is 9.83. The Hall–Kier alpha value is -2.83. The summed E-state index contributed by atoms with van der Waals surface area (Å²) in [7, 11) is 0.